The topological polar surface area (TPSA) is 19.1 Å². The van der Waals surface area contributed by atoms with Gasteiger partial charge >= 0.3 is 0 Å². The first-order valence-corrected chi connectivity index (χ1v) is 19.9. The molecule has 0 fully saturated rings. The lowest BCUT2D eigenvalue weighted by Crippen LogP contribution is -2.76. The van der Waals surface area contributed by atoms with Crippen molar-refractivity contribution in [2.45, 2.75) is 0 Å². The Labute approximate surface area is 302 Å². The maximum atomic E-state index is 7.14. The van der Waals surface area contributed by atoms with Crippen LogP contribution in [0.25, 0.3) is 55.0 Å². The summed E-state index contributed by atoms with van der Waals surface area (Å²) in [7, 11) is -2.79. The van der Waals surface area contributed by atoms with E-state index in [4.69, 9.17) is 4.74 Å². The zero-order valence-electron chi connectivity index (χ0n) is 28.3. The van der Waals surface area contributed by atoms with Crippen LogP contribution >= 0.6 is 0 Å². The monoisotopic (exact) mass is 680 g/mol. The predicted molar refractivity (Wildman–Crippen MR) is 219 cm³/mol. The molecule has 10 aromatic rings. The SMILES string of the molecule is c1ccc([Si]2(c3ccccc3)c3ccccc3Oc3c2ccc2c3c3ccccc3n2-c2cccc(-n3c4ccccc4c4ccccc43)c2)cc1. The van der Waals surface area contributed by atoms with Crippen molar-refractivity contribution in [3.05, 3.63) is 194 Å². The molecule has 0 radical (unpaired) electrons. The van der Waals surface area contributed by atoms with Crippen molar-refractivity contribution in [3.8, 4) is 22.9 Å². The number of aromatic nitrogens is 2. The van der Waals surface area contributed by atoms with Crippen LogP contribution in [0.5, 0.6) is 11.5 Å². The maximum Gasteiger partial charge on any atom is 0.188 e. The summed E-state index contributed by atoms with van der Waals surface area (Å²) in [6, 6.07) is 70.8. The second kappa shape index (κ2) is 11.2. The summed E-state index contributed by atoms with van der Waals surface area (Å²) in [4.78, 5) is 0. The van der Waals surface area contributed by atoms with Crippen LogP contribution in [0.1, 0.15) is 0 Å². The molecule has 0 saturated carbocycles. The van der Waals surface area contributed by atoms with E-state index >= 15 is 0 Å². The van der Waals surface area contributed by atoms with Gasteiger partial charge in [0.1, 0.15) is 11.5 Å². The molecule has 52 heavy (non-hydrogen) atoms. The van der Waals surface area contributed by atoms with Crippen molar-refractivity contribution >= 4 is 72.4 Å². The molecule has 3 heterocycles. The van der Waals surface area contributed by atoms with Gasteiger partial charge in [0.2, 0.25) is 0 Å². The zero-order chi connectivity index (χ0) is 34.2. The number of rotatable bonds is 4. The van der Waals surface area contributed by atoms with Crippen LogP contribution < -0.4 is 25.5 Å². The summed E-state index contributed by atoms with van der Waals surface area (Å²) in [5.41, 5.74) is 6.92. The number of benzene rings is 8. The molecule has 0 aliphatic carbocycles. The molecular formula is C48H32N2OSi. The molecule has 244 valence electrons. The largest absolute Gasteiger partial charge is 0.457 e. The molecule has 4 heteroatoms. The van der Waals surface area contributed by atoms with E-state index in [1.807, 2.05) is 0 Å². The predicted octanol–water partition coefficient (Wildman–Crippen LogP) is 9.36. The van der Waals surface area contributed by atoms with E-state index in [-0.39, 0.29) is 0 Å². The molecule has 0 amide bonds. The molecule has 0 N–H and O–H groups in total. The molecule has 3 nitrogen and oxygen atoms in total. The molecule has 0 bridgehead atoms. The number of ether oxygens (including phenoxy) is 1. The molecule has 1 aliphatic heterocycles. The second-order valence-electron chi connectivity index (χ2n) is 13.7. The minimum Gasteiger partial charge on any atom is -0.457 e. The molecule has 1 aliphatic rings. The van der Waals surface area contributed by atoms with Gasteiger partial charge in [-0.3, -0.25) is 0 Å². The average molecular weight is 681 g/mol. The normalized spacial score (nSPS) is 13.3. The van der Waals surface area contributed by atoms with Gasteiger partial charge in [-0.2, -0.15) is 0 Å². The van der Waals surface area contributed by atoms with Crippen LogP contribution in [-0.2, 0) is 0 Å². The lowest BCUT2D eigenvalue weighted by molar-refractivity contribution is 0.493. The van der Waals surface area contributed by atoms with E-state index in [1.165, 1.54) is 47.9 Å². The van der Waals surface area contributed by atoms with Gasteiger partial charge in [0.05, 0.1) is 27.5 Å². The highest BCUT2D eigenvalue weighted by atomic mass is 28.3. The van der Waals surface area contributed by atoms with Gasteiger partial charge in [-0.25, -0.2) is 0 Å². The summed E-state index contributed by atoms with van der Waals surface area (Å²) in [6.45, 7) is 0. The van der Waals surface area contributed by atoms with Crippen molar-refractivity contribution in [3.63, 3.8) is 0 Å². The fourth-order valence-corrected chi connectivity index (χ4v) is 13.9. The van der Waals surface area contributed by atoms with Gasteiger partial charge in [-0.1, -0.05) is 146 Å². The van der Waals surface area contributed by atoms with E-state index in [0.717, 1.165) is 39.3 Å². The smallest absolute Gasteiger partial charge is 0.188 e. The summed E-state index contributed by atoms with van der Waals surface area (Å²) < 4.78 is 12.0. The minimum atomic E-state index is -2.79. The molecule has 0 saturated heterocycles. The first-order chi connectivity index (χ1) is 25.8. The Morgan fingerprint density at radius 3 is 1.50 bits per heavy atom. The Balaban J connectivity index is 1.22. The summed E-state index contributed by atoms with van der Waals surface area (Å²) in [6.07, 6.45) is 0. The third kappa shape index (κ3) is 3.95. The standard InChI is InChI=1S/C48H32N2OSi/c1-3-18-35(19-4-1)52(36-20-5-2-6-21-36)45-29-14-13-28-44(45)51-48-46(52)31-30-43-47(48)39-24-9-12-27-42(39)50(43)34-17-15-16-33(32-34)49-40-25-10-7-22-37(40)38-23-8-11-26-41(38)49/h1-32H. The molecule has 11 rings (SSSR count). The van der Waals surface area contributed by atoms with Crippen molar-refractivity contribution in [2.75, 3.05) is 0 Å². The van der Waals surface area contributed by atoms with E-state index in [1.54, 1.807) is 0 Å². The zero-order valence-corrected chi connectivity index (χ0v) is 29.3. The maximum absolute atomic E-state index is 7.14. The van der Waals surface area contributed by atoms with Gasteiger partial charge in [-0.15, -0.1) is 0 Å². The van der Waals surface area contributed by atoms with Crippen LogP contribution in [0.2, 0.25) is 0 Å². The van der Waals surface area contributed by atoms with Gasteiger partial charge in [-0.05, 0) is 69.3 Å². The van der Waals surface area contributed by atoms with Crippen LogP contribution in [0, 0.1) is 0 Å². The van der Waals surface area contributed by atoms with Gasteiger partial charge in [0.15, 0.2) is 8.07 Å². The number of hydrogen-bond donors (Lipinski definition) is 0. The van der Waals surface area contributed by atoms with Gasteiger partial charge < -0.3 is 13.9 Å². The Kier molecular flexibility index (Phi) is 6.27. The highest BCUT2D eigenvalue weighted by molar-refractivity contribution is 7.20. The summed E-state index contributed by atoms with van der Waals surface area (Å²) in [5.74, 6) is 1.90. The highest BCUT2D eigenvalue weighted by Gasteiger charge is 2.48. The third-order valence-corrected chi connectivity index (χ3v) is 15.9. The first-order valence-electron chi connectivity index (χ1n) is 17.9. The van der Waals surface area contributed by atoms with Crippen LogP contribution in [0.4, 0.5) is 0 Å². The quantitative estimate of drug-likeness (QED) is 0.170. The highest BCUT2D eigenvalue weighted by Crippen LogP contribution is 2.42. The van der Waals surface area contributed by atoms with E-state index < -0.39 is 8.07 Å². The number of fused-ring (bicyclic) bond motifs is 9. The third-order valence-electron chi connectivity index (χ3n) is 11.0. The van der Waals surface area contributed by atoms with Gasteiger partial charge in [0.25, 0.3) is 0 Å². The van der Waals surface area contributed by atoms with Crippen molar-refractivity contribution in [1.29, 1.82) is 0 Å². The van der Waals surface area contributed by atoms with Crippen LogP contribution in [0.3, 0.4) is 0 Å². The van der Waals surface area contributed by atoms with Crippen LogP contribution in [-0.4, -0.2) is 17.2 Å². The Bertz CT molecular complexity index is 2900. The van der Waals surface area contributed by atoms with Crippen molar-refractivity contribution in [2.24, 2.45) is 0 Å². The van der Waals surface area contributed by atoms with Crippen molar-refractivity contribution in [1.82, 2.24) is 9.13 Å². The molecule has 0 unspecified atom stereocenters. The molecule has 0 atom stereocenters. The number of para-hydroxylation sites is 4. The number of nitrogens with zero attached hydrogens (tertiary/aromatic N) is 2. The van der Waals surface area contributed by atoms with E-state index in [2.05, 4.69) is 203 Å². The Hall–Kier alpha value is -6.62. The van der Waals surface area contributed by atoms with Gasteiger partial charge in [0, 0.05) is 27.5 Å². The lowest BCUT2D eigenvalue weighted by atomic mass is 10.1. The lowest BCUT2D eigenvalue weighted by Gasteiger charge is -2.39. The molecule has 2 aromatic heterocycles. The first kappa shape index (κ1) is 29.1. The molecule has 0 spiro atoms. The summed E-state index contributed by atoms with van der Waals surface area (Å²) in [5, 5.41) is 10.1. The Morgan fingerprint density at radius 2 is 0.865 bits per heavy atom. The fourth-order valence-electron chi connectivity index (χ4n) is 8.97. The second-order valence-corrected chi connectivity index (χ2v) is 17.4. The minimum absolute atomic E-state index is 0.937. The molecule has 8 aromatic carbocycles. The number of hydrogen-bond acceptors (Lipinski definition) is 1. The average Bonchev–Trinajstić information content (AvgIpc) is 3.74. The van der Waals surface area contributed by atoms with E-state index in [0.29, 0.717) is 0 Å². The Morgan fingerprint density at radius 1 is 0.365 bits per heavy atom. The summed E-state index contributed by atoms with van der Waals surface area (Å²) >= 11 is 0. The van der Waals surface area contributed by atoms with Crippen LogP contribution in [0.15, 0.2) is 194 Å². The van der Waals surface area contributed by atoms with E-state index in [9.17, 15) is 0 Å². The molecular weight excluding hydrogens is 649 g/mol. The van der Waals surface area contributed by atoms with Crippen molar-refractivity contribution < 1.29 is 4.74 Å². The fraction of sp³-hybridized carbons (Fsp3) is 0.